The Balaban J connectivity index is 4.18. The smallest absolute Gasteiger partial charge is 0.158 e. The van der Waals surface area contributed by atoms with Gasteiger partial charge < -0.3 is 30.6 Å². The normalized spacial score (nSPS) is 20.2. The Labute approximate surface area is 68.6 Å². The van der Waals surface area contributed by atoms with Gasteiger partial charge in [-0.05, 0) is 0 Å². The van der Waals surface area contributed by atoms with E-state index < -0.39 is 30.7 Å². The van der Waals surface area contributed by atoms with E-state index in [0.717, 1.165) is 0 Å². The van der Waals surface area contributed by atoms with E-state index in [9.17, 15) is 0 Å². The molecule has 0 aliphatic heterocycles. The van der Waals surface area contributed by atoms with Crippen molar-refractivity contribution in [2.45, 2.75) is 18.3 Å². The van der Waals surface area contributed by atoms with Crippen LogP contribution in [-0.2, 0) is 0 Å². The predicted octanol–water partition coefficient (Wildman–Crippen LogP) is -1.98. The van der Waals surface area contributed by atoms with Gasteiger partial charge >= 0.3 is 0 Å². The maximum Gasteiger partial charge on any atom is 0.158 e. The summed E-state index contributed by atoms with van der Waals surface area (Å²) < 4.78 is 0. The van der Waals surface area contributed by atoms with Crippen LogP contribution in [0.25, 0.3) is 0 Å². The third-order valence-corrected chi connectivity index (χ3v) is 1.34. The second kappa shape index (κ2) is 4.94. The quantitative estimate of drug-likeness (QED) is 0.279. The van der Waals surface area contributed by atoms with Gasteiger partial charge in [-0.2, -0.15) is 0 Å². The zero-order valence-corrected chi connectivity index (χ0v) is 6.20. The summed E-state index contributed by atoms with van der Waals surface area (Å²) in [5.74, 6) is -0.880. The molecule has 6 heteroatoms. The van der Waals surface area contributed by atoms with Gasteiger partial charge in [0.05, 0.1) is 6.61 Å². The summed E-state index contributed by atoms with van der Waals surface area (Å²) in [6.45, 7) is -0.753. The van der Waals surface area contributed by atoms with Crippen molar-refractivity contribution < 1.29 is 30.6 Å². The van der Waals surface area contributed by atoms with Gasteiger partial charge in [-0.1, -0.05) is 0 Å². The molecule has 0 aliphatic carbocycles. The number of aliphatic hydroxyl groups is 6. The van der Waals surface area contributed by atoms with Crippen LogP contribution >= 0.6 is 0 Å². The van der Waals surface area contributed by atoms with E-state index in [4.69, 9.17) is 30.6 Å². The molecule has 0 aromatic heterocycles. The summed E-state index contributed by atoms with van der Waals surface area (Å²) >= 11 is 0. The van der Waals surface area contributed by atoms with E-state index in [1.54, 1.807) is 0 Å². The highest BCUT2D eigenvalue weighted by Gasteiger charge is 2.26. The van der Waals surface area contributed by atoms with Gasteiger partial charge in [-0.3, -0.25) is 0 Å². The van der Waals surface area contributed by atoms with Crippen LogP contribution < -0.4 is 0 Å². The van der Waals surface area contributed by atoms with Gasteiger partial charge in [0.25, 0.3) is 0 Å². The minimum absolute atomic E-state index is 0.192. The second-order valence-corrected chi connectivity index (χ2v) is 2.24. The lowest BCUT2D eigenvalue weighted by molar-refractivity contribution is -0.0750. The highest BCUT2D eigenvalue weighted by Crippen LogP contribution is 2.06. The molecule has 6 N–H and O–H groups in total. The molecule has 72 valence electrons. The summed E-state index contributed by atoms with van der Waals surface area (Å²) in [5, 5.41) is 51.7. The Morgan fingerprint density at radius 2 is 1.75 bits per heavy atom. The van der Waals surface area contributed by atoms with Gasteiger partial charge in [0.1, 0.15) is 24.6 Å². The first kappa shape index (κ1) is 11.2. The molecule has 0 spiro atoms. The van der Waals surface area contributed by atoms with E-state index in [0.29, 0.717) is 0 Å². The molecular weight excluding hydrogens is 168 g/mol. The van der Waals surface area contributed by atoms with Gasteiger partial charge in [-0.15, -0.1) is 0 Å². The standard InChI is InChI=1S/C6H12O6/c7-1-3(9)5(11)6(12)4(10)2-8/h1,4-12H,2H2/t4-,5+,6-/m0/s1. The Kier molecular flexibility index (Phi) is 4.60. The Hall–Kier alpha value is -0.820. The van der Waals surface area contributed by atoms with Crippen molar-refractivity contribution in [1.29, 1.82) is 0 Å². The zero-order chi connectivity index (χ0) is 9.72. The first-order valence-electron chi connectivity index (χ1n) is 3.22. The van der Waals surface area contributed by atoms with E-state index in [1.807, 2.05) is 0 Å². The predicted molar refractivity (Wildman–Crippen MR) is 38.4 cm³/mol. The zero-order valence-electron chi connectivity index (χ0n) is 6.20. The largest absolute Gasteiger partial charge is 0.512 e. The van der Waals surface area contributed by atoms with Crippen molar-refractivity contribution in [1.82, 2.24) is 0 Å². The van der Waals surface area contributed by atoms with E-state index >= 15 is 0 Å². The van der Waals surface area contributed by atoms with Crippen LogP contribution in [0.4, 0.5) is 0 Å². The summed E-state index contributed by atoms with van der Waals surface area (Å²) in [4.78, 5) is 0. The first-order valence-corrected chi connectivity index (χ1v) is 3.22. The number of hydrogen-bond acceptors (Lipinski definition) is 6. The summed E-state index contributed by atoms with van der Waals surface area (Å²) in [6.07, 6.45) is -4.92. The summed E-state index contributed by atoms with van der Waals surface area (Å²) in [5.41, 5.74) is 0. The molecule has 0 fully saturated rings. The number of aliphatic hydroxyl groups excluding tert-OH is 6. The minimum Gasteiger partial charge on any atom is -0.512 e. The molecule has 0 aromatic carbocycles. The molecule has 0 bridgehead atoms. The Morgan fingerprint density at radius 1 is 1.25 bits per heavy atom. The fourth-order valence-electron chi connectivity index (χ4n) is 0.570. The summed E-state index contributed by atoms with van der Waals surface area (Å²) in [6, 6.07) is 0. The highest BCUT2D eigenvalue weighted by molar-refractivity contribution is 4.97. The van der Waals surface area contributed by atoms with Crippen molar-refractivity contribution >= 4 is 0 Å². The summed E-state index contributed by atoms with van der Waals surface area (Å²) in [7, 11) is 0. The minimum atomic E-state index is -1.81. The van der Waals surface area contributed by atoms with Crippen molar-refractivity contribution in [2.24, 2.45) is 0 Å². The third kappa shape index (κ3) is 2.67. The van der Waals surface area contributed by atoms with Crippen molar-refractivity contribution in [3.63, 3.8) is 0 Å². The maximum absolute atomic E-state index is 8.92. The monoisotopic (exact) mass is 180 g/mol. The van der Waals surface area contributed by atoms with Gasteiger partial charge in [0.2, 0.25) is 0 Å². The van der Waals surface area contributed by atoms with E-state index in [2.05, 4.69) is 0 Å². The maximum atomic E-state index is 8.92. The second-order valence-electron chi connectivity index (χ2n) is 2.24. The molecule has 0 saturated heterocycles. The van der Waals surface area contributed by atoms with E-state index in [1.165, 1.54) is 0 Å². The molecule has 0 rings (SSSR count). The fraction of sp³-hybridized carbons (Fsp3) is 0.667. The van der Waals surface area contributed by atoms with Crippen molar-refractivity contribution in [3.8, 4) is 0 Å². The lowest BCUT2D eigenvalue weighted by atomic mass is 10.1. The molecule has 0 aliphatic rings. The molecular formula is C6H12O6. The van der Waals surface area contributed by atoms with Crippen LogP contribution in [0.2, 0.25) is 0 Å². The molecule has 6 nitrogen and oxygen atoms in total. The van der Waals surface area contributed by atoms with E-state index in [-0.39, 0.29) is 6.26 Å². The van der Waals surface area contributed by atoms with Gasteiger partial charge in [0, 0.05) is 0 Å². The van der Waals surface area contributed by atoms with Crippen LogP contribution in [0.5, 0.6) is 0 Å². The van der Waals surface area contributed by atoms with Crippen LogP contribution in [0, 0.1) is 0 Å². The average Bonchev–Trinajstić information content (AvgIpc) is 2.12. The SMILES string of the molecule is OC=C(O)[C@@H](O)[C@@H](O)[C@@H](O)CO. The number of hydrogen-bond donors (Lipinski definition) is 6. The average molecular weight is 180 g/mol. The third-order valence-electron chi connectivity index (χ3n) is 1.34. The molecule has 0 amide bonds. The number of rotatable bonds is 4. The highest BCUT2D eigenvalue weighted by atomic mass is 16.4. The fourth-order valence-corrected chi connectivity index (χ4v) is 0.570. The molecule has 0 saturated carbocycles. The van der Waals surface area contributed by atoms with Gasteiger partial charge in [-0.25, -0.2) is 0 Å². The topological polar surface area (TPSA) is 121 Å². The van der Waals surface area contributed by atoms with Gasteiger partial charge in [0.15, 0.2) is 5.76 Å². The molecule has 0 aromatic rings. The Bertz CT molecular complexity index is 156. The lowest BCUT2D eigenvalue weighted by Gasteiger charge is -2.20. The van der Waals surface area contributed by atoms with Crippen LogP contribution in [-0.4, -0.2) is 55.6 Å². The molecule has 0 radical (unpaired) electrons. The molecule has 3 atom stereocenters. The molecule has 0 unspecified atom stereocenters. The van der Waals surface area contributed by atoms with Crippen LogP contribution in [0.1, 0.15) is 0 Å². The van der Waals surface area contributed by atoms with Crippen molar-refractivity contribution in [2.75, 3.05) is 6.61 Å². The Morgan fingerprint density at radius 3 is 2.08 bits per heavy atom. The molecule has 12 heavy (non-hydrogen) atoms. The first-order chi connectivity index (χ1) is 5.54. The van der Waals surface area contributed by atoms with Crippen LogP contribution in [0.15, 0.2) is 12.0 Å². The van der Waals surface area contributed by atoms with Crippen LogP contribution in [0.3, 0.4) is 0 Å². The lowest BCUT2D eigenvalue weighted by Crippen LogP contribution is -2.40. The van der Waals surface area contributed by atoms with Crippen molar-refractivity contribution in [3.05, 3.63) is 12.0 Å². The molecule has 0 heterocycles.